The number of nitrogens with two attached hydrogens (primary N) is 1. The van der Waals surface area contributed by atoms with Gasteiger partial charge in [-0.2, -0.15) is 0 Å². The van der Waals surface area contributed by atoms with Gasteiger partial charge in [-0.15, -0.1) is 0 Å². The molecule has 3 atom stereocenters. The van der Waals surface area contributed by atoms with Crippen LogP contribution in [0.2, 0.25) is 0 Å². The average Bonchev–Trinajstić information content (AvgIpc) is 2.38. The molecular formula is C11H15N3O5. The third-order valence-electron chi connectivity index (χ3n) is 3.12. The third kappa shape index (κ3) is 2.65. The van der Waals surface area contributed by atoms with Crippen molar-refractivity contribution in [2.24, 2.45) is 5.73 Å². The predicted octanol–water partition coefficient (Wildman–Crippen LogP) is -1.97. The van der Waals surface area contributed by atoms with Gasteiger partial charge in [-0.3, -0.25) is 9.59 Å². The lowest BCUT2D eigenvalue weighted by atomic mass is 10.0. The van der Waals surface area contributed by atoms with Crippen LogP contribution in [0, 0.1) is 0 Å². The van der Waals surface area contributed by atoms with Crippen molar-refractivity contribution in [1.82, 2.24) is 9.55 Å². The van der Waals surface area contributed by atoms with Gasteiger partial charge in [0, 0.05) is 12.4 Å². The lowest BCUT2D eigenvalue weighted by Gasteiger charge is -2.33. The van der Waals surface area contributed by atoms with E-state index in [4.69, 9.17) is 15.6 Å². The molecule has 0 aliphatic carbocycles. The summed E-state index contributed by atoms with van der Waals surface area (Å²) in [5, 5.41) is 18.7. The maximum absolute atomic E-state index is 12.0. The first-order valence-electron chi connectivity index (χ1n) is 5.82. The van der Waals surface area contributed by atoms with Gasteiger partial charge >= 0.3 is 0 Å². The van der Waals surface area contributed by atoms with Gasteiger partial charge in [-0.05, 0) is 6.42 Å². The van der Waals surface area contributed by atoms with E-state index in [1.54, 1.807) is 0 Å². The normalized spacial score (nSPS) is 27.2. The number of ether oxygens (including phenoxy) is 1. The fraction of sp³-hybridized carbons (Fsp3) is 0.545. The summed E-state index contributed by atoms with van der Waals surface area (Å²) in [6, 6.07) is -0.425. The standard InChI is InChI=1S/C11H15N3O5/c12-10(17)9-11(18)14(2-1-13-9)6-3-7(16)8(4-15)19-5-6/h1-2,6-8,15-16H,3-5H2,(H2,12,17)/t6?,7-,8+/m0/s1. The molecule has 4 N–H and O–H groups in total. The highest BCUT2D eigenvalue weighted by Crippen LogP contribution is 2.22. The summed E-state index contributed by atoms with van der Waals surface area (Å²) in [7, 11) is 0. The van der Waals surface area contributed by atoms with Crippen molar-refractivity contribution in [3.63, 3.8) is 0 Å². The molecule has 1 fully saturated rings. The fourth-order valence-corrected chi connectivity index (χ4v) is 2.09. The Bertz CT molecular complexity index is 529. The summed E-state index contributed by atoms with van der Waals surface area (Å²) < 4.78 is 6.53. The van der Waals surface area contributed by atoms with E-state index in [0.29, 0.717) is 0 Å². The van der Waals surface area contributed by atoms with Crippen LogP contribution in [0.15, 0.2) is 17.2 Å². The second-order valence-corrected chi connectivity index (χ2v) is 4.36. The topological polar surface area (TPSA) is 128 Å². The van der Waals surface area contributed by atoms with Gasteiger partial charge in [-0.25, -0.2) is 4.98 Å². The van der Waals surface area contributed by atoms with Crippen molar-refractivity contribution >= 4 is 5.91 Å². The monoisotopic (exact) mass is 269 g/mol. The molecule has 1 aromatic heterocycles. The van der Waals surface area contributed by atoms with Gasteiger partial charge in [0.2, 0.25) is 0 Å². The number of carbonyl (C=O) groups excluding carboxylic acids is 1. The van der Waals surface area contributed by atoms with E-state index in [1.165, 1.54) is 17.0 Å². The number of hydrogen-bond donors (Lipinski definition) is 3. The summed E-state index contributed by atoms with van der Waals surface area (Å²) >= 11 is 0. The van der Waals surface area contributed by atoms with Crippen LogP contribution in [0.25, 0.3) is 0 Å². The number of aliphatic hydroxyl groups excluding tert-OH is 2. The first-order valence-corrected chi connectivity index (χ1v) is 5.82. The summed E-state index contributed by atoms with van der Waals surface area (Å²) in [6.07, 6.45) is 1.43. The molecule has 0 spiro atoms. The number of nitrogens with zero attached hydrogens (tertiary/aromatic N) is 2. The van der Waals surface area contributed by atoms with E-state index < -0.39 is 29.7 Å². The van der Waals surface area contributed by atoms with Gasteiger partial charge in [0.15, 0.2) is 5.69 Å². The van der Waals surface area contributed by atoms with E-state index in [1.807, 2.05) is 0 Å². The van der Waals surface area contributed by atoms with Crippen LogP contribution in [0.1, 0.15) is 23.0 Å². The number of rotatable bonds is 3. The SMILES string of the molecule is NC(=O)c1nccn(C2CO[C@H](CO)[C@@H](O)C2)c1=O. The zero-order chi connectivity index (χ0) is 14.0. The van der Waals surface area contributed by atoms with Crippen molar-refractivity contribution < 1.29 is 19.7 Å². The molecule has 1 amide bonds. The van der Waals surface area contributed by atoms with Crippen molar-refractivity contribution in [2.75, 3.05) is 13.2 Å². The molecule has 2 heterocycles. The van der Waals surface area contributed by atoms with Crippen LogP contribution >= 0.6 is 0 Å². The van der Waals surface area contributed by atoms with Gasteiger partial charge in [0.25, 0.3) is 11.5 Å². The summed E-state index contributed by atoms with van der Waals surface area (Å²) in [5.74, 6) is -0.898. The minimum atomic E-state index is -0.898. The second-order valence-electron chi connectivity index (χ2n) is 4.36. The van der Waals surface area contributed by atoms with Crippen molar-refractivity contribution in [1.29, 1.82) is 0 Å². The first-order chi connectivity index (χ1) is 9.04. The molecule has 1 unspecified atom stereocenters. The average molecular weight is 269 g/mol. The lowest BCUT2D eigenvalue weighted by molar-refractivity contribution is -0.113. The van der Waals surface area contributed by atoms with Gasteiger partial charge < -0.3 is 25.3 Å². The van der Waals surface area contributed by atoms with Gasteiger partial charge in [-0.1, -0.05) is 0 Å². The highest BCUT2D eigenvalue weighted by atomic mass is 16.5. The molecular weight excluding hydrogens is 254 g/mol. The number of amides is 1. The van der Waals surface area contributed by atoms with Crippen LogP contribution in [0.3, 0.4) is 0 Å². The molecule has 1 saturated heterocycles. The second kappa shape index (κ2) is 5.47. The zero-order valence-corrected chi connectivity index (χ0v) is 10.1. The predicted molar refractivity (Wildman–Crippen MR) is 63.5 cm³/mol. The Hall–Kier alpha value is -1.77. The number of hydrogen-bond acceptors (Lipinski definition) is 6. The summed E-state index contributed by atoms with van der Waals surface area (Å²) in [5.41, 5.74) is 4.10. The first kappa shape index (κ1) is 13.7. The van der Waals surface area contributed by atoms with Crippen LogP contribution in [-0.4, -0.2) is 51.1 Å². The van der Waals surface area contributed by atoms with Crippen molar-refractivity contribution in [2.45, 2.75) is 24.7 Å². The molecule has 1 aromatic rings. The molecule has 1 aliphatic rings. The quantitative estimate of drug-likeness (QED) is 0.583. The minimum Gasteiger partial charge on any atom is -0.394 e. The van der Waals surface area contributed by atoms with Gasteiger partial charge in [0.1, 0.15) is 6.10 Å². The Morgan fingerprint density at radius 3 is 2.95 bits per heavy atom. The smallest absolute Gasteiger partial charge is 0.282 e. The Morgan fingerprint density at radius 2 is 2.37 bits per heavy atom. The summed E-state index contributed by atoms with van der Waals surface area (Å²) in [4.78, 5) is 26.7. The Labute approximate surface area is 108 Å². The van der Waals surface area contributed by atoms with E-state index in [9.17, 15) is 14.7 Å². The van der Waals surface area contributed by atoms with Crippen LogP contribution in [0.5, 0.6) is 0 Å². The molecule has 0 radical (unpaired) electrons. The molecule has 8 nitrogen and oxygen atoms in total. The van der Waals surface area contributed by atoms with E-state index in [-0.39, 0.29) is 25.3 Å². The molecule has 2 rings (SSSR count). The van der Waals surface area contributed by atoms with Crippen LogP contribution in [-0.2, 0) is 4.74 Å². The minimum absolute atomic E-state index is 0.157. The number of aromatic nitrogens is 2. The molecule has 8 heteroatoms. The van der Waals surface area contributed by atoms with Crippen LogP contribution in [0.4, 0.5) is 0 Å². The Balaban J connectivity index is 2.27. The fourth-order valence-electron chi connectivity index (χ4n) is 2.09. The Kier molecular flexibility index (Phi) is 3.93. The highest BCUT2D eigenvalue weighted by molar-refractivity contribution is 5.90. The van der Waals surface area contributed by atoms with E-state index in [0.717, 1.165) is 0 Å². The molecule has 19 heavy (non-hydrogen) atoms. The summed E-state index contributed by atoms with van der Waals surface area (Å²) in [6.45, 7) is -0.129. The number of carbonyl (C=O) groups is 1. The number of primary amides is 1. The molecule has 104 valence electrons. The largest absolute Gasteiger partial charge is 0.394 e. The molecule has 0 aromatic carbocycles. The highest BCUT2D eigenvalue weighted by Gasteiger charge is 2.31. The van der Waals surface area contributed by atoms with Crippen molar-refractivity contribution in [3.8, 4) is 0 Å². The van der Waals surface area contributed by atoms with Crippen LogP contribution < -0.4 is 11.3 Å². The Morgan fingerprint density at radius 1 is 1.63 bits per heavy atom. The van der Waals surface area contributed by atoms with E-state index in [2.05, 4.69) is 4.98 Å². The maximum Gasteiger partial charge on any atom is 0.282 e. The third-order valence-corrected chi connectivity index (χ3v) is 3.12. The number of aliphatic hydroxyl groups is 2. The van der Waals surface area contributed by atoms with Gasteiger partial charge in [0.05, 0.1) is 25.4 Å². The molecule has 0 saturated carbocycles. The maximum atomic E-state index is 12.0. The lowest BCUT2D eigenvalue weighted by Crippen LogP contribution is -2.44. The zero-order valence-electron chi connectivity index (χ0n) is 10.1. The van der Waals surface area contributed by atoms with E-state index >= 15 is 0 Å². The molecule has 1 aliphatic heterocycles. The van der Waals surface area contributed by atoms with Crippen molar-refractivity contribution in [3.05, 3.63) is 28.4 Å². The molecule has 0 bridgehead atoms.